The van der Waals surface area contributed by atoms with Gasteiger partial charge in [-0.3, -0.25) is 0 Å². The molecule has 2 aromatic rings. The van der Waals surface area contributed by atoms with Crippen LogP contribution in [0.1, 0.15) is 25.1 Å². The van der Waals surface area contributed by atoms with E-state index in [1.54, 1.807) is 6.26 Å². The summed E-state index contributed by atoms with van der Waals surface area (Å²) in [6, 6.07) is 8.19. The lowest BCUT2D eigenvalue weighted by Gasteiger charge is -2.34. The van der Waals surface area contributed by atoms with E-state index in [0.29, 0.717) is 18.4 Å². The van der Waals surface area contributed by atoms with E-state index in [4.69, 9.17) is 4.42 Å². The molecule has 1 aliphatic rings. The van der Waals surface area contributed by atoms with Crippen LogP contribution in [0.3, 0.4) is 0 Å². The third-order valence-corrected chi connectivity index (χ3v) is 5.38. The molecule has 1 unspecified atom stereocenters. The monoisotopic (exact) mass is 540 g/mol. The number of hydrogen-bond acceptors (Lipinski definition) is 5. The first-order valence-electron chi connectivity index (χ1n) is 11.0. The Balaban J connectivity index is 0.00000341. The van der Waals surface area contributed by atoms with Crippen molar-refractivity contribution in [3.8, 4) is 11.5 Å². The van der Waals surface area contributed by atoms with Gasteiger partial charge in [-0.1, -0.05) is 24.6 Å². The zero-order valence-corrected chi connectivity index (χ0v) is 21.6. The molecule has 1 fully saturated rings. The van der Waals surface area contributed by atoms with Gasteiger partial charge in [-0.05, 0) is 38.9 Å². The van der Waals surface area contributed by atoms with Crippen LogP contribution in [-0.2, 0) is 6.54 Å². The summed E-state index contributed by atoms with van der Waals surface area (Å²) in [5, 5.41) is 6.80. The first-order valence-corrected chi connectivity index (χ1v) is 11.0. The molecule has 0 saturated carbocycles. The zero-order valence-electron chi connectivity index (χ0n) is 19.2. The highest BCUT2D eigenvalue weighted by atomic mass is 127. The maximum atomic E-state index is 5.64. The third-order valence-electron chi connectivity index (χ3n) is 5.38. The van der Waals surface area contributed by atoms with Gasteiger partial charge in [0.15, 0.2) is 5.96 Å². The molecule has 172 valence electrons. The highest BCUT2D eigenvalue weighted by Crippen LogP contribution is 2.19. The molecule has 0 spiro atoms. The smallest absolute Gasteiger partial charge is 0.226 e. The molecule has 1 aromatic heterocycles. The predicted molar refractivity (Wildman–Crippen MR) is 138 cm³/mol. The maximum Gasteiger partial charge on any atom is 0.226 e. The van der Waals surface area contributed by atoms with Crippen molar-refractivity contribution < 1.29 is 4.42 Å². The van der Waals surface area contributed by atoms with Crippen molar-refractivity contribution in [3.05, 3.63) is 41.8 Å². The molecule has 0 radical (unpaired) electrons. The summed E-state index contributed by atoms with van der Waals surface area (Å²) in [7, 11) is 2.19. The minimum atomic E-state index is 0. The SMILES string of the molecule is CCNC(=NCc1coc(-c2ccc(C)cc2)n1)NCC(C)CN1CCN(C)CC1.I. The number of rotatable bonds is 8. The summed E-state index contributed by atoms with van der Waals surface area (Å²) < 4.78 is 5.64. The van der Waals surface area contributed by atoms with Gasteiger partial charge in [-0.25, -0.2) is 9.98 Å². The van der Waals surface area contributed by atoms with Crippen molar-refractivity contribution in [1.29, 1.82) is 0 Å². The molecule has 0 bridgehead atoms. The molecule has 31 heavy (non-hydrogen) atoms. The van der Waals surface area contributed by atoms with Crippen LogP contribution >= 0.6 is 24.0 Å². The van der Waals surface area contributed by atoms with Gasteiger partial charge in [0.25, 0.3) is 0 Å². The summed E-state index contributed by atoms with van der Waals surface area (Å²) in [5.74, 6) is 2.01. The van der Waals surface area contributed by atoms with Crippen molar-refractivity contribution >= 4 is 29.9 Å². The highest BCUT2D eigenvalue weighted by Gasteiger charge is 2.16. The van der Waals surface area contributed by atoms with Gasteiger partial charge in [0.2, 0.25) is 5.89 Å². The molecular weight excluding hydrogens is 503 g/mol. The number of guanidine groups is 1. The number of aromatic nitrogens is 1. The minimum absolute atomic E-state index is 0. The molecule has 0 amide bonds. The first kappa shape index (κ1) is 25.6. The predicted octanol–water partition coefficient (Wildman–Crippen LogP) is 3.21. The summed E-state index contributed by atoms with van der Waals surface area (Å²) in [4.78, 5) is 14.2. The van der Waals surface area contributed by atoms with Crippen molar-refractivity contribution in [3.63, 3.8) is 0 Å². The summed E-state index contributed by atoms with van der Waals surface area (Å²) in [5.41, 5.74) is 3.03. The van der Waals surface area contributed by atoms with Gasteiger partial charge < -0.3 is 24.9 Å². The Bertz CT molecular complexity index is 799. The summed E-state index contributed by atoms with van der Waals surface area (Å²) in [6.45, 7) is 14.4. The number of hydrogen-bond donors (Lipinski definition) is 2. The van der Waals surface area contributed by atoms with Gasteiger partial charge in [-0.15, -0.1) is 24.0 Å². The molecule has 0 aliphatic carbocycles. The average Bonchev–Trinajstić information content (AvgIpc) is 3.21. The molecule has 1 atom stereocenters. The van der Waals surface area contributed by atoms with E-state index >= 15 is 0 Å². The molecule has 7 nitrogen and oxygen atoms in total. The summed E-state index contributed by atoms with van der Waals surface area (Å²) in [6.07, 6.45) is 1.69. The molecule has 2 N–H and O–H groups in total. The van der Waals surface area contributed by atoms with E-state index in [1.807, 2.05) is 12.1 Å². The number of likely N-dealkylation sites (N-methyl/N-ethyl adjacent to an activating group) is 1. The number of halogens is 1. The van der Waals surface area contributed by atoms with Crippen LogP contribution in [0.5, 0.6) is 0 Å². The van der Waals surface area contributed by atoms with Crippen molar-refractivity contribution in [1.82, 2.24) is 25.4 Å². The third kappa shape index (κ3) is 8.42. The number of aliphatic imine (C=N–C) groups is 1. The van der Waals surface area contributed by atoms with E-state index in [1.165, 1.54) is 5.56 Å². The second-order valence-electron chi connectivity index (χ2n) is 8.30. The lowest BCUT2D eigenvalue weighted by molar-refractivity contribution is 0.139. The minimum Gasteiger partial charge on any atom is -0.444 e. The van der Waals surface area contributed by atoms with Crippen LogP contribution in [0.25, 0.3) is 11.5 Å². The van der Waals surface area contributed by atoms with Crippen LogP contribution < -0.4 is 10.6 Å². The van der Waals surface area contributed by atoms with E-state index < -0.39 is 0 Å². The molecule has 1 aliphatic heterocycles. The topological polar surface area (TPSA) is 68.9 Å². The van der Waals surface area contributed by atoms with Crippen LogP contribution in [0.2, 0.25) is 0 Å². The van der Waals surface area contributed by atoms with Gasteiger partial charge in [0, 0.05) is 51.4 Å². The Hall–Kier alpha value is -1.65. The van der Waals surface area contributed by atoms with Gasteiger partial charge in [0.05, 0.1) is 6.54 Å². The van der Waals surface area contributed by atoms with Gasteiger partial charge in [-0.2, -0.15) is 0 Å². The zero-order chi connectivity index (χ0) is 21.3. The highest BCUT2D eigenvalue weighted by molar-refractivity contribution is 14.0. The van der Waals surface area contributed by atoms with Crippen LogP contribution in [0.4, 0.5) is 0 Å². The Labute approximate surface area is 203 Å². The number of nitrogens with one attached hydrogen (secondary N) is 2. The maximum absolute atomic E-state index is 5.64. The fourth-order valence-corrected chi connectivity index (χ4v) is 3.52. The molecule has 3 rings (SSSR count). The van der Waals surface area contributed by atoms with Gasteiger partial charge in [0.1, 0.15) is 12.0 Å². The van der Waals surface area contributed by atoms with E-state index in [0.717, 1.165) is 63.0 Å². The number of nitrogens with zero attached hydrogens (tertiary/aromatic N) is 4. The van der Waals surface area contributed by atoms with Crippen molar-refractivity contribution in [2.45, 2.75) is 27.3 Å². The normalized spacial score (nSPS) is 16.6. The van der Waals surface area contributed by atoms with Gasteiger partial charge >= 0.3 is 0 Å². The standard InChI is InChI=1S/C23H36N6O.HI/c1-5-24-23(25-14-19(3)16-29-12-10-28(4)11-13-29)26-15-21-17-30-22(27-21)20-8-6-18(2)7-9-20;/h6-9,17,19H,5,10-16H2,1-4H3,(H2,24,25,26);1H. The fourth-order valence-electron chi connectivity index (χ4n) is 3.52. The number of benzene rings is 1. The molecular formula is C23H37IN6O. The fraction of sp³-hybridized carbons (Fsp3) is 0.565. The van der Waals surface area contributed by atoms with Crippen LogP contribution in [0.15, 0.2) is 39.9 Å². The first-order chi connectivity index (χ1) is 14.5. The van der Waals surface area contributed by atoms with E-state index in [2.05, 4.69) is 70.4 Å². The molecule has 1 aromatic carbocycles. The second kappa shape index (κ2) is 13.0. The lowest BCUT2D eigenvalue weighted by atomic mass is 10.1. The van der Waals surface area contributed by atoms with Crippen molar-refractivity contribution in [2.75, 3.05) is 52.9 Å². The van der Waals surface area contributed by atoms with Crippen molar-refractivity contribution in [2.24, 2.45) is 10.9 Å². The molecule has 1 saturated heterocycles. The Kier molecular flexibility index (Phi) is 10.8. The molecule has 2 heterocycles. The van der Waals surface area contributed by atoms with Crippen LogP contribution in [0, 0.1) is 12.8 Å². The quantitative estimate of drug-likeness (QED) is 0.305. The Morgan fingerprint density at radius 2 is 1.87 bits per heavy atom. The number of aryl methyl sites for hydroxylation is 1. The lowest BCUT2D eigenvalue weighted by Crippen LogP contribution is -2.47. The average molecular weight is 540 g/mol. The Morgan fingerprint density at radius 1 is 1.16 bits per heavy atom. The Morgan fingerprint density at radius 3 is 2.55 bits per heavy atom. The van der Waals surface area contributed by atoms with Crippen LogP contribution in [-0.4, -0.2) is 73.6 Å². The van der Waals surface area contributed by atoms with E-state index in [9.17, 15) is 0 Å². The number of piperazine rings is 1. The second-order valence-corrected chi connectivity index (χ2v) is 8.30. The molecule has 8 heteroatoms. The summed E-state index contributed by atoms with van der Waals surface area (Å²) >= 11 is 0. The largest absolute Gasteiger partial charge is 0.444 e. The van der Waals surface area contributed by atoms with E-state index in [-0.39, 0.29) is 24.0 Å². The number of oxazole rings is 1.